The molecule has 0 aliphatic carbocycles. The number of guanidine groups is 1. The molecule has 0 aromatic heterocycles. The molecule has 0 bridgehead atoms. The highest BCUT2D eigenvalue weighted by Crippen LogP contribution is 2.21. The molecule has 2 aromatic carbocycles. The zero-order chi connectivity index (χ0) is 15.9. The lowest BCUT2D eigenvalue weighted by molar-refractivity contribution is 0.336. The maximum atomic E-state index is 5.96. The number of rotatable bonds is 5. The summed E-state index contributed by atoms with van der Waals surface area (Å²) in [5.74, 6) is 1.27. The van der Waals surface area contributed by atoms with Gasteiger partial charge in [-0.2, -0.15) is 0 Å². The van der Waals surface area contributed by atoms with Crippen molar-refractivity contribution in [3.05, 3.63) is 59.2 Å². The monoisotopic (exact) mass is 425 g/mol. The van der Waals surface area contributed by atoms with Crippen molar-refractivity contribution in [1.82, 2.24) is 0 Å². The number of aryl methyl sites for hydroxylation is 2. The van der Waals surface area contributed by atoms with Crippen LogP contribution in [0.15, 0.2) is 47.5 Å². The fraction of sp³-hybridized carbons (Fsp3) is 0.278. The van der Waals surface area contributed by atoms with Gasteiger partial charge in [-0.25, -0.2) is 4.99 Å². The Morgan fingerprint density at radius 1 is 1.13 bits per heavy atom. The van der Waals surface area contributed by atoms with E-state index in [-0.39, 0.29) is 24.0 Å². The number of ether oxygens (including phenoxy) is 1. The lowest BCUT2D eigenvalue weighted by atomic mass is 10.1. The Labute approximate surface area is 155 Å². The van der Waals surface area contributed by atoms with Crippen LogP contribution in [0.2, 0.25) is 0 Å². The van der Waals surface area contributed by atoms with Crippen molar-refractivity contribution < 1.29 is 4.74 Å². The number of benzene rings is 2. The summed E-state index contributed by atoms with van der Waals surface area (Å²) in [5, 5.41) is 3.10. The van der Waals surface area contributed by atoms with E-state index in [0.29, 0.717) is 19.1 Å². The van der Waals surface area contributed by atoms with E-state index in [9.17, 15) is 0 Å². The van der Waals surface area contributed by atoms with Crippen molar-refractivity contribution in [2.24, 2.45) is 10.7 Å². The van der Waals surface area contributed by atoms with Crippen LogP contribution in [0.5, 0.6) is 5.75 Å². The fourth-order valence-corrected chi connectivity index (χ4v) is 2.16. The van der Waals surface area contributed by atoms with Crippen LogP contribution in [0, 0.1) is 13.8 Å². The highest BCUT2D eigenvalue weighted by atomic mass is 127. The number of nitrogens with zero attached hydrogens (tertiary/aromatic N) is 1. The molecule has 0 aliphatic rings. The highest BCUT2D eigenvalue weighted by Gasteiger charge is 2.04. The Kier molecular flexibility index (Phi) is 7.88. The summed E-state index contributed by atoms with van der Waals surface area (Å²) in [7, 11) is 0. The number of nitrogens with two attached hydrogens (primary N) is 1. The third-order valence-electron chi connectivity index (χ3n) is 3.23. The minimum atomic E-state index is 0. The Morgan fingerprint density at radius 3 is 2.57 bits per heavy atom. The van der Waals surface area contributed by atoms with E-state index in [0.717, 1.165) is 17.0 Å². The molecule has 0 heterocycles. The lowest BCUT2D eigenvalue weighted by Gasteiger charge is -2.10. The van der Waals surface area contributed by atoms with Crippen LogP contribution in [0.3, 0.4) is 0 Å². The molecule has 3 N–H and O–H groups in total. The van der Waals surface area contributed by atoms with Gasteiger partial charge in [0.25, 0.3) is 0 Å². The SMILES string of the molecule is CCOc1cc(C)ccc1CN=C(N)Nc1cccc(C)c1.I. The van der Waals surface area contributed by atoms with Crippen LogP contribution in [-0.4, -0.2) is 12.6 Å². The van der Waals surface area contributed by atoms with Crippen LogP contribution in [-0.2, 0) is 6.54 Å². The summed E-state index contributed by atoms with van der Waals surface area (Å²) in [6, 6.07) is 14.1. The zero-order valence-electron chi connectivity index (χ0n) is 13.8. The summed E-state index contributed by atoms with van der Waals surface area (Å²) in [4.78, 5) is 4.40. The molecule has 0 atom stereocenters. The quantitative estimate of drug-likeness (QED) is 0.428. The Bertz CT molecular complexity index is 671. The molecule has 23 heavy (non-hydrogen) atoms. The predicted molar refractivity (Wildman–Crippen MR) is 108 cm³/mol. The van der Waals surface area contributed by atoms with Crippen molar-refractivity contribution in [1.29, 1.82) is 0 Å². The van der Waals surface area contributed by atoms with Crippen LogP contribution in [0.4, 0.5) is 5.69 Å². The van der Waals surface area contributed by atoms with Crippen LogP contribution >= 0.6 is 24.0 Å². The number of anilines is 1. The van der Waals surface area contributed by atoms with Gasteiger partial charge in [-0.05, 0) is 50.1 Å². The maximum Gasteiger partial charge on any atom is 0.193 e. The van der Waals surface area contributed by atoms with Gasteiger partial charge in [0.1, 0.15) is 5.75 Å². The van der Waals surface area contributed by atoms with E-state index >= 15 is 0 Å². The highest BCUT2D eigenvalue weighted by molar-refractivity contribution is 14.0. The number of halogens is 1. The van der Waals surface area contributed by atoms with E-state index < -0.39 is 0 Å². The fourth-order valence-electron chi connectivity index (χ4n) is 2.16. The van der Waals surface area contributed by atoms with Crippen molar-refractivity contribution in [3.63, 3.8) is 0 Å². The van der Waals surface area contributed by atoms with E-state index in [1.54, 1.807) is 0 Å². The smallest absolute Gasteiger partial charge is 0.193 e. The van der Waals surface area contributed by atoms with Gasteiger partial charge in [-0.3, -0.25) is 0 Å². The molecular formula is C18H24IN3O. The average molecular weight is 425 g/mol. The first kappa shape index (κ1) is 19.3. The first-order valence-corrected chi connectivity index (χ1v) is 7.44. The van der Waals surface area contributed by atoms with Crippen molar-refractivity contribution >= 4 is 35.6 Å². The third-order valence-corrected chi connectivity index (χ3v) is 3.23. The van der Waals surface area contributed by atoms with E-state index in [4.69, 9.17) is 10.5 Å². The lowest BCUT2D eigenvalue weighted by Crippen LogP contribution is -2.22. The normalized spacial score (nSPS) is 10.8. The minimum Gasteiger partial charge on any atom is -0.494 e. The van der Waals surface area contributed by atoms with E-state index in [1.165, 1.54) is 11.1 Å². The third kappa shape index (κ3) is 6.09. The molecule has 0 unspecified atom stereocenters. The molecule has 0 radical (unpaired) electrons. The molecule has 4 nitrogen and oxygen atoms in total. The Morgan fingerprint density at radius 2 is 1.87 bits per heavy atom. The summed E-state index contributed by atoms with van der Waals surface area (Å²) in [6.07, 6.45) is 0. The number of aliphatic imine (C=N–C) groups is 1. The predicted octanol–water partition coefficient (Wildman–Crippen LogP) is 4.25. The summed E-state index contributed by atoms with van der Waals surface area (Å²) in [5.41, 5.74) is 10.3. The molecule has 5 heteroatoms. The first-order chi connectivity index (χ1) is 10.6. The van der Waals surface area contributed by atoms with Crippen LogP contribution in [0.25, 0.3) is 0 Å². The van der Waals surface area contributed by atoms with Gasteiger partial charge in [0, 0.05) is 11.3 Å². The van der Waals surface area contributed by atoms with Crippen molar-refractivity contribution in [2.75, 3.05) is 11.9 Å². The number of hydrogen-bond donors (Lipinski definition) is 2. The molecule has 0 aliphatic heterocycles. The topological polar surface area (TPSA) is 59.6 Å². The molecule has 0 amide bonds. The van der Waals surface area contributed by atoms with Crippen LogP contribution < -0.4 is 15.8 Å². The van der Waals surface area contributed by atoms with Gasteiger partial charge >= 0.3 is 0 Å². The standard InChI is InChI=1S/C18H23N3O.HI/c1-4-22-17-11-14(3)8-9-15(17)12-20-18(19)21-16-7-5-6-13(2)10-16;/h5-11H,4,12H2,1-3H3,(H3,19,20,21);1H. The largest absolute Gasteiger partial charge is 0.494 e. The number of hydrogen-bond acceptors (Lipinski definition) is 2. The average Bonchev–Trinajstić information content (AvgIpc) is 2.47. The summed E-state index contributed by atoms with van der Waals surface area (Å²) in [6.45, 7) is 7.18. The van der Waals surface area contributed by atoms with Gasteiger partial charge in [-0.15, -0.1) is 24.0 Å². The van der Waals surface area contributed by atoms with Crippen molar-refractivity contribution in [3.8, 4) is 5.75 Å². The van der Waals surface area contributed by atoms with E-state index in [1.807, 2.05) is 57.2 Å². The minimum absolute atomic E-state index is 0. The second-order valence-corrected chi connectivity index (χ2v) is 5.24. The second kappa shape index (κ2) is 9.39. The van der Waals surface area contributed by atoms with Gasteiger partial charge in [0.05, 0.1) is 13.2 Å². The molecule has 2 aromatic rings. The summed E-state index contributed by atoms with van der Waals surface area (Å²) >= 11 is 0. The molecule has 0 saturated heterocycles. The van der Waals surface area contributed by atoms with Crippen molar-refractivity contribution in [2.45, 2.75) is 27.3 Å². The first-order valence-electron chi connectivity index (χ1n) is 7.44. The second-order valence-electron chi connectivity index (χ2n) is 5.24. The zero-order valence-corrected chi connectivity index (χ0v) is 16.1. The molecule has 0 spiro atoms. The van der Waals surface area contributed by atoms with Gasteiger partial charge in [-0.1, -0.05) is 24.3 Å². The molecule has 2 rings (SSSR count). The molecule has 0 saturated carbocycles. The van der Waals surface area contributed by atoms with E-state index in [2.05, 4.69) is 16.4 Å². The molecule has 124 valence electrons. The van der Waals surface area contributed by atoms with Gasteiger partial charge < -0.3 is 15.8 Å². The maximum absolute atomic E-state index is 5.96. The Hall–Kier alpha value is -1.76. The molecule has 0 fully saturated rings. The van der Waals surface area contributed by atoms with Gasteiger partial charge in [0.2, 0.25) is 0 Å². The number of nitrogens with one attached hydrogen (secondary N) is 1. The Balaban J connectivity index is 0.00000264. The summed E-state index contributed by atoms with van der Waals surface area (Å²) < 4.78 is 5.65. The van der Waals surface area contributed by atoms with Crippen LogP contribution in [0.1, 0.15) is 23.6 Å². The molecular weight excluding hydrogens is 401 g/mol. The van der Waals surface area contributed by atoms with Gasteiger partial charge in [0.15, 0.2) is 5.96 Å².